The number of aryl methyl sites for hydroxylation is 1. The Morgan fingerprint density at radius 1 is 1.17 bits per heavy atom. The van der Waals surface area contributed by atoms with Crippen molar-refractivity contribution in [1.82, 2.24) is 4.98 Å². The molecule has 2 fully saturated rings. The first-order valence-corrected chi connectivity index (χ1v) is 20.1. The average Bonchev–Trinajstić information content (AvgIpc) is 3.57. The third kappa shape index (κ3) is 11.8. The Bertz CT molecular complexity index is 1580. The van der Waals surface area contributed by atoms with E-state index in [-0.39, 0.29) is 24.7 Å². The Balaban J connectivity index is 1.80. The molecule has 14 nitrogen and oxygen atoms in total. The third-order valence-corrected chi connectivity index (χ3v) is 11.7. The summed E-state index contributed by atoms with van der Waals surface area (Å²) in [5, 5.41) is 34.1. The lowest BCUT2D eigenvalue weighted by Crippen LogP contribution is -2.58. The molecule has 0 radical (unpaired) electrons. The van der Waals surface area contributed by atoms with Gasteiger partial charge in [-0.3, -0.25) is 9.32 Å². The first-order chi connectivity index (χ1) is 25.0. The van der Waals surface area contributed by atoms with Crippen LogP contribution in [0.25, 0.3) is 6.08 Å². The zero-order chi connectivity index (χ0) is 40.8. The van der Waals surface area contributed by atoms with Crippen molar-refractivity contribution < 1.29 is 57.6 Å². The highest BCUT2D eigenvalue weighted by atomic mass is 31.2. The van der Waals surface area contributed by atoms with Crippen molar-refractivity contribution >= 4 is 19.8 Å². The summed E-state index contributed by atoms with van der Waals surface area (Å²) in [4.78, 5) is 35.4. The standard InChI is InChI=1S/C39H63N2O12P/c1-22(17-34(40)44)13-11-14-23(2)24(3)18-25(4)35(45)27(6)30(42)19-33(49-10)36-37(53-54(46,47)48)38(8,9)39(52-36)20-31(43)26(5)32(51-39)16-12-15-29-21-50-28(7)41-29/h12,14-15,17-18,21,25-27,30-33,35-37,42-43,45H,11,13,16,19-20H2,1-10H3,(H2,40,44)(H2,46,47,48)/b15-12+,22-17-,23-14+,24-18+/t25-,26-,27+,30-,31-,32-,33-,35+,36+,37-,39+/m0/s1. The van der Waals surface area contributed by atoms with Gasteiger partial charge in [0, 0.05) is 56.1 Å². The van der Waals surface area contributed by atoms with Gasteiger partial charge in [0.1, 0.15) is 24.2 Å². The quantitative estimate of drug-likeness (QED) is 0.0635. The molecule has 0 aromatic carbocycles. The normalized spacial score (nSPS) is 29.8. The molecule has 15 heteroatoms. The number of carbonyl (C=O) groups excluding carboxylic acids is 1. The van der Waals surface area contributed by atoms with E-state index in [9.17, 15) is 34.5 Å². The van der Waals surface area contributed by atoms with Crippen molar-refractivity contribution in [2.45, 2.75) is 143 Å². The summed E-state index contributed by atoms with van der Waals surface area (Å²) in [6.07, 6.45) is 5.42. The van der Waals surface area contributed by atoms with E-state index in [0.717, 1.165) is 23.1 Å². The Kier molecular flexibility index (Phi) is 16.2. The minimum absolute atomic E-state index is 0.00374. The highest BCUT2D eigenvalue weighted by Crippen LogP contribution is 2.58. The fourth-order valence-corrected chi connectivity index (χ4v) is 8.13. The van der Waals surface area contributed by atoms with Gasteiger partial charge >= 0.3 is 7.82 Å². The number of rotatable bonds is 18. The van der Waals surface area contributed by atoms with Gasteiger partial charge < -0.3 is 49.5 Å². The number of amides is 1. The fourth-order valence-electron chi connectivity index (χ4n) is 7.45. The van der Waals surface area contributed by atoms with E-state index in [1.54, 1.807) is 33.8 Å². The highest BCUT2D eigenvalue weighted by Gasteiger charge is 2.67. The predicted molar refractivity (Wildman–Crippen MR) is 203 cm³/mol. The lowest BCUT2D eigenvalue weighted by atomic mass is 9.72. The summed E-state index contributed by atoms with van der Waals surface area (Å²) >= 11 is 0. The van der Waals surface area contributed by atoms with Gasteiger partial charge in [-0.1, -0.05) is 69.6 Å². The predicted octanol–water partition coefficient (Wildman–Crippen LogP) is 5.27. The maximum absolute atomic E-state index is 12.4. The average molecular weight is 783 g/mol. The van der Waals surface area contributed by atoms with E-state index >= 15 is 0 Å². The molecule has 1 aromatic rings. The number of phosphoric ester groups is 1. The molecule has 3 rings (SSSR count). The molecule has 0 saturated carbocycles. The van der Waals surface area contributed by atoms with E-state index in [1.165, 1.54) is 19.4 Å². The minimum Gasteiger partial charge on any atom is -0.449 e. The SMILES string of the molecule is CO[C@@H](C[C@H](O)[C@@H](C)[C@H](O)[C@@H](C)/C=C(C)/C(C)=C/CC/C(C)=C\C(N)=O)[C@H]1O[C@]2(C[C@H](O)[C@H](C)[C@H](C/C=C/c3coc(C)n3)O2)C(C)(C)[C@H]1OP(=O)(O)O. The number of nitrogens with zero attached hydrogens (tertiary/aromatic N) is 1. The summed E-state index contributed by atoms with van der Waals surface area (Å²) in [7, 11) is -3.68. The van der Waals surface area contributed by atoms with Gasteiger partial charge in [0.25, 0.3) is 0 Å². The Hall–Kier alpha value is -2.49. The molecule has 1 aromatic heterocycles. The van der Waals surface area contributed by atoms with Gasteiger partial charge in [0.2, 0.25) is 5.91 Å². The van der Waals surface area contributed by atoms with Crippen LogP contribution in [0.15, 0.2) is 51.7 Å². The number of allylic oxidation sites excluding steroid dienone is 4. The molecule has 7 N–H and O–H groups in total. The molecule has 2 aliphatic heterocycles. The van der Waals surface area contributed by atoms with Crippen LogP contribution in [0.4, 0.5) is 0 Å². The summed E-state index contributed by atoms with van der Waals surface area (Å²) in [5.74, 6) is -2.79. The van der Waals surface area contributed by atoms with Gasteiger partial charge in [-0.2, -0.15) is 0 Å². The third-order valence-electron chi connectivity index (χ3n) is 11.2. The summed E-state index contributed by atoms with van der Waals surface area (Å²) < 4.78 is 42.2. The first-order valence-electron chi connectivity index (χ1n) is 18.6. The van der Waals surface area contributed by atoms with Crippen molar-refractivity contribution in [2.24, 2.45) is 28.9 Å². The number of aliphatic hydroxyl groups excluding tert-OH is 3. The van der Waals surface area contributed by atoms with Crippen molar-refractivity contribution in [3.63, 3.8) is 0 Å². The summed E-state index contributed by atoms with van der Waals surface area (Å²) in [5.41, 5.74) is 7.51. The maximum atomic E-state index is 12.4. The smallest absolute Gasteiger partial charge is 0.449 e. The number of methoxy groups -OCH3 is 1. The number of carbonyl (C=O) groups is 1. The van der Waals surface area contributed by atoms with Crippen molar-refractivity contribution in [2.75, 3.05) is 7.11 Å². The lowest BCUT2D eigenvalue weighted by molar-refractivity contribution is -0.334. The van der Waals surface area contributed by atoms with Gasteiger partial charge in [0.15, 0.2) is 11.7 Å². The molecule has 3 heterocycles. The Morgan fingerprint density at radius 3 is 2.41 bits per heavy atom. The van der Waals surface area contributed by atoms with Crippen LogP contribution in [-0.2, 0) is 28.1 Å². The molecule has 0 unspecified atom stereocenters. The molecular formula is C39H63N2O12P. The first kappa shape index (κ1) is 45.9. The van der Waals surface area contributed by atoms with Crippen LogP contribution < -0.4 is 5.73 Å². The van der Waals surface area contributed by atoms with E-state index in [4.69, 9.17) is 28.9 Å². The van der Waals surface area contributed by atoms with Crippen LogP contribution in [-0.4, -0.2) is 91.6 Å². The van der Waals surface area contributed by atoms with Crippen LogP contribution >= 0.6 is 7.82 Å². The highest BCUT2D eigenvalue weighted by molar-refractivity contribution is 7.46. The number of nitrogens with two attached hydrogens (primary N) is 1. The van der Waals surface area contributed by atoms with Crippen LogP contribution in [0.3, 0.4) is 0 Å². The molecule has 11 atom stereocenters. The molecule has 2 aliphatic rings. The number of aliphatic hydroxyl groups is 3. The molecule has 306 valence electrons. The monoisotopic (exact) mass is 782 g/mol. The number of oxazole rings is 1. The number of aromatic nitrogens is 1. The number of hydrogen-bond acceptors (Lipinski definition) is 11. The van der Waals surface area contributed by atoms with Crippen LogP contribution in [0, 0.1) is 30.1 Å². The summed E-state index contributed by atoms with van der Waals surface area (Å²) in [6.45, 7) is 16.4. The number of ether oxygens (including phenoxy) is 3. The molecule has 1 amide bonds. The molecule has 0 aliphatic carbocycles. The second-order valence-corrected chi connectivity index (χ2v) is 16.9. The second-order valence-electron chi connectivity index (χ2n) is 15.7. The maximum Gasteiger partial charge on any atom is 0.469 e. The molecule has 2 saturated heterocycles. The van der Waals surface area contributed by atoms with Gasteiger partial charge in [0.05, 0.1) is 30.5 Å². The lowest BCUT2D eigenvalue weighted by Gasteiger charge is -2.50. The zero-order valence-corrected chi connectivity index (χ0v) is 34.2. The number of hydrogen-bond donors (Lipinski definition) is 6. The van der Waals surface area contributed by atoms with Crippen LogP contribution in [0.1, 0.15) is 99.1 Å². The number of phosphoric acid groups is 1. The zero-order valence-electron chi connectivity index (χ0n) is 33.3. The van der Waals surface area contributed by atoms with E-state index < -0.39 is 73.6 Å². The van der Waals surface area contributed by atoms with E-state index in [2.05, 4.69) is 11.1 Å². The Labute approximate surface area is 319 Å². The van der Waals surface area contributed by atoms with Crippen molar-refractivity contribution in [3.8, 4) is 0 Å². The minimum atomic E-state index is -5.08. The van der Waals surface area contributed by atoms with Gasteiger partial charge in [-0.05, 0) is 46.1 Å². The van der Waals surface area contributed by atoms with Crippen LogP contribution in [0.2, 0.25) is 0 Å². The largest absolute Gasteiger partial charge is 0.469 e. The molecule has 0 bridgehead atoms. The Morgan fingerprint density at radius 2 is 1.83 bits per heavy atom. The number of primary amides is 1. The molecule has 1 spiro atoms. The van der Waals surface area contributed by atoms with Crippen LogP contribution in [0.5, 0.6) is 0 Å². The van der Waals surface area contributed by atoms with Gasteiger partial charge in [-0.15, -0.1) is 0 Å². The molecular weight excluding hydrogens is 719 g/mol. The fraction of sp³-hybridized carbons (Fsp3) is 0.692. The van der Waals surface area contributed by atoms with E-state index in [0.29, 0.717) is 24.4 Å². The second kappa shape index (κ2) is 19.1. The van der Waals surface area contributed by atoms with Crippen molar-refractivity contribution in [3.05, 3.63) is 58.9 Å². The van der Waals surface area contributed by atoms with E-state index in [1.807, 2.05) is 46.8 Å². The van der Waals surface area contributed by atoms with Crippen molar-refractivity contribution in [1.29, 1.82) is 0 Å². The topological polar surface area (TPSA) is 224 Å². The summed E-state index contributed by atoms with van der Waals surface area (Å²) in [6, 6.07) is 0. The molecule has 54 heavy (non-hydrogen) atoms. The van der Waals surface area contributed by atoms with Gasteiger partial charge in [-0.25, -0.2) is 9.55 Å².